The van der Waals surface area contributed by atoms with E-state index in [4.69, 9.17) is 21.7 Å². The van der Waals surface area contributed by atoms with Crippen LogP contribution >= 0.6 is 12.2 Å². The van der Waals surface area contributed by atoms with Gasteiger partial charge >= 0.3 is 6.09 Å². The van der Waals surface area contributed by atoms with Crippen LogP contribution in [0.4, 0.5) is 13.6 Å². The number of hydrogen-bond acceptors (Lipinski definition) is 5. The zero-order chi connectivity index (χ0) is 21.2. The second-order valence-corrected chi connectivity index (χ2v) is 8.21. The van der Waals surface area contributed by atoms with Gasteiger partial charge in [0.2, 0.25) is 0 Å². The van der Waals surface area contributed by atoms with Crippen LogP contribution < -0.4 is 0 Å². The van der Waals surface area contributed by atoms with Crippen molar-refractivity contribution in [1.29, 1.82) is 0 Å². The van der Waals surface area contributed by atoms with Crippen LogP contribution in [-0.4, -0.2) is 43.9 Å². The maximum atomic E-state index is 13.9. The molecular weight excluding hydrogens is 400 g/mol. The highest BCUT2D eigenvalue weighted by Gasteiger charge is 2.39. The molecular formula is C20H23F2N3O3S. The van der Waals surface area contributed by atoms with Crippen LogP contribution in [0.3, 0.4) is 0 Å². The first-order chi connectivity index (χ1) is 13.6. The number of nitrogens with zero attached hydrogens (tertiary/aromatic N) is 3. The Hall–Kier alpha value is -2.55. The van der Waals surface area contributed by atoms with Crippen molar-refractivity contribution in [3.05, 3.63) is 54.1 Å². The number of amides is 1. The number of carbonyl (C=O) groups excluding carboxylic acids is 1. The van der Waals surface area contributed by atoms with Crippen molar-refractivity contribution in [2.24, 2.45) is 0 Å². The first-order valence-corrected chi connectivity index (χ1v) is 9.69. The minimum Gasteiger partial charge on any atom is -0.460 e. The number of likely N-dealkylation sites (tertiary alicyclic amines) is 1. The van der Waals surface area contributed by atoms with Gasteiger partial charge in [0.15, 0.2) is 0 Å². The van der Waals surface area contributed by atoms with E-state index in [0.29, 0.717) is 19.4 Å². The molecule has 1 aliphatic rings. The number of imidazole rings is 1. The molecule has 0 saturated carbocycles. The third kappa shape index (κ3) is 5.29. The van der Waals surface area contributed by atoms with E-state index in [1.165, 1.54) is 34.1 Å². The van der Waals surface area contributed by atoms with Gasteiger partial charge in [0.05, 0.1) is 6.04 Å². The van der Waals surface area contributed by atoms with Gasteiger partial charge in [-0.3, -0.25) is 4.57 Å². The van der Waals surface area contributed by atoms with Crippen molar-refractivity contribution in [3.8, 4) is 0 Å². The molecule has 2 aromatic rings. The molecule has 1 unspecified atom stereocenters. The van der Waals surface area contributed by atoms with E-state index >= 15 is 0 Å². The fourth-order valence-corrected chi connectivity index (χ4v) is 3.51. The topological polar surface area (TPSA) is 56.6 Å². The van der Waals surface area contributed by atoms with E-state index in [1.54, 1.807) is 27.0 Å². The van der Waals surface area contributed by atoms with Gasteiger partial charge in [-0.1, -0.05) is 0 Å². The van der Waals surface area contributed by atoms with Crippen molar-refractivity contribution >= 4 is 23.5 Å². The lowest BCUT2D eigenvalue weighted by molar-refractivity contribution is 0.00704. The van der Waals surface area contributed by atoms with E-state index in [9.17, 15) is 13.6 Å². The Bertz CT molecular complexity index is 863. The number of rotatable bonds is 3. The molecule has 1 amide bonds. The Morgan fingerprint density at radius 2 is 1.97 bits per heavy atom. The highest BCUT2D eigenvalue weighted by atomic mass is 32.1. The first kappa shape index (κ1) is 21.2. The van der Waals surface area contributed by atoms with Crippen LogP contribution in [0.25, 0.3) is 0 Å². The van der Waals surface area contributed by atoms with Gasteiger partial charge < -0.3 is 14.4 Å². The Labute approximate surface area is 173 Å². The summed E-state index contributed by atoms with van der Waals surface area (Å²) in [6.45, 7) is 5.79. The van der Waals surface area contributed by atoms with E-state index < -0.39 is 35.5 Å². The van der Waals surface area contributed by atoms with E-state index in [1.807, 2.05) is 0 Å². The minimum absolute atomic E-state index is 0.0632. The number of hydrogen-bond donors (Lipinski definition) is 0. The Morgan fingerprint density at radius 1 is 1.28 bits per heavy atom. The third-order valence-electron chi connectivity index (χ3n) is 4.43. The molecule has 1 aliphatic heterocycles. The Kier molecular flexibility index (Phi) is 6.16. The monoisotopic (exact) mass is 423 g/mol. The summed E-state index contributed by atoms with van der Waals surface area (Å²) >= 11 is 5.32. The quantitative estimate of drug-likeness (QED) is 0.683. The van der Waals surface area contributed by atoms with Gasteiger partial charge in [-0.25, -0.2) is 18.6 Å². The van der Waals surface area contributed by atoms with E-state index in [2.05, 4.69) is 4.98 Å². The maximum Gasteiger partial charge on any atom is 0.410 e. The molecule has 6 nitrogen and oxygen atoms in total. The van der Waals surface area contributed by atoms with Gasteiger partial charge in [0.1, 0.15) is 29.7 Å². The van der Waals surface area contributed by atoms with Crippen molar-refractivity contribution < 1.29 is 23.0 Å². The third-order valence-corrected chi connectivity index (χ3v) is 4.74. The number of carbonyl (C=O) groups is 1. The van der Waals surface area contributed by atoms with Crippen LogP contribution in [0, 0.1) is 11.6 Å². The summed E-state index contributed by atoms with van der Waals surface area (Å²) in [5.74, 6) is -1.46. The smallest absolute Gasteiger partial charge is 0.410 e. The summed E-state index contributed by atoms with van der Waals surface area (Å²) in [5, 5.41) is 0.0632. The molecule has 0 spiro atoms. The largest absolute Gasteiger partial charge is 0.460 e. The summed E-state index contributed by atoms with van der Waals surface area (Å²) in [6, 6.07) is 2.67. The SMILES string of the molecule is CC(C)(C)OC(=O)N1CCC[C@H]1C(OC(=S)n1ccnc1)c1cc(F)cc(F)c1. The molecule has 3 rings (SSSR count). The van der Waals surface area contributed by atoms with Gasteiger partial charge in [0, 0.05) is 30.6 Å². The molecule has 1 aromatic heterocycles. The normalized spacial score (nSPS) is 17.8. The standard InChI is InChI=1S/C20H23F2N3O3S/c1-20(2,3)28-18(26)25-7-4-5-16(25)17(13-9-14(21)11-15(22)10-13)27-19(29)24-8-6-23-12-24/h6,8-12,16-17H,4-5,7H2,1-3H3/t16-,17?/m0/s1. The molecule has 2 heterocycles. The highest BCUT2D eigenvalue weighted by Crippen LogP contribution is 2.34. The average molecular weight is 423 g/mol. The maximum absolute atomic E-state index is 13.9. The molecule has 156 valence electrons. The van der Waals surface area contributed by atoms with Gasteiger partial charge in [-0.2, -0.15) is 0 Å². The average Bonchev–Trinajstić information content (AvgIpc) is 3.28. The van der Waals surface area contributed by atoms with Gasteiger partial charge in [0.25, 0.3) is 5.17 Å². The molecule has 0 bridgehead atoms. The molecule has 1 aromatic carbocycles. The van der Waals surface area contributed by atoms with Crippen molar-refractivity contribution in [1.82, 2.24) is 14.5 Å². The molecule has 0 N–H and O–H groups in total. The van der Waals surface area contributed by atoms with Gasteiger partial charge in [-0.05, 0) is 58.0 Å². The molecule has 0 aliphatic carbocycles. The van der Waals surface area contributed by atoms with Crippen LogP contribution in [-0.2, 0) is 9.47 Å². The first-order valence-electron chi connectivity index (χ1n) is 9.28. The van der Waals surface area contributed by atoms with Crippen LogP contribution in [0.1, 0.15) is 45.3 Å². The lowest BCUT2D eigenvalue weighted by atomic mass is 10.00. The number of ether oxygens (including phenoxy) is 2. The lowest BCUT2D eigenvalue weighted by Gasteiger charge is -2.33. The summed E-state index contributed by atoms with van der Waals surface area (Å²) in [5.41, 5.74) is -0.414. The fourth-order valence-electron chi connectivity index (χ4n) is 3.30. The van der Waals surface area contributed by atoms with Crippen LogP contribution in [0.15, 0.2) is 36.9 Å². The Balaban J connectivity index is 1.93. The molecule has 2 atom stereocenters. The van der Waals surface area contributed by atoms with Crippen molar-refractivity contribution in [2.75, 3.05) is 6.54 Å². The summed E-state index contributed by atoms with van der Waals surface area (Å²) in [7, 11) is 0. The number of halogens is 2. The van der Waals surface area contributed by atoms with Crippen LogP contribution in [0.2, 0.25) is 0 Å². The number of aromatic nitrogens is 2. The molecule has 0 radical (unpaired) electrons. The van der Waals surface area contributed by atoms with Crippen molar-refractivity contribution in [3.63, 3.8) is 0 Å². The fraction of sp³-hybridized carbons (Fsp3) is 0.450. The highest BCUT2D eigenvalue weighted by molar-refractivity contribution is 7.80. The van der Waals surface area contributed by atoms with Crippen molar-refractivity contribution in [2.45, 2.75) is 51.4 Å². The Morgan fingerprint density at radius 3 is 2.55 bits per heavy atom. The second kappa shape index (κ2) is 8.44. The predicted molar refractivity (Wildman–Crippen MR) is 106 cm³/mol. The molecule has 1 saturated heterocycles. The summed E-state index contributed by atoms with van der Waals surface area (Å²) in [6.07, 6.45) is 4.52. The van der Waals surface area contributed by atoms with E-state index in [0.717, 1.165) is 6.07 Å². The molecule has 1 fully saturated rings. The van der Waals surface area contributed by atoms with Crippen LogP contribution in [0.5, 0.6) is 0 Å². The molecule has 9 heteroatoms. The second-order valence-electron chi connectivity index (χ2n) is 7.86. The predicted octanol–water partition coefficient (Wildman–Crippen LogP) is 4.45. The van der Waals surface area contributed by atoms with Gasteiger partial charge in [-0.15, -0.1) is 0 Å². The minimum atomic E-state index is -0.870. The number of thiocarbonyl (C=S) groups is 1. The molecule has 29 heavy (non-hydrogen) atoms. The zero-order valence-electron chi connectivity index (χ0n) is 16.5. The number of benzene rings is 1. The lowest BCUT2D eigenvalue weighted by Crippen LogP contribution is -2.43. The zero-order valence-corrected chi connectivity index (χ0v) is 17.3. The summed E-state index contributed by atoms with van der Waals surface area (Å²) in [4.78, 5) is 18.2. The summed E-state index contributed by atoms with van der Waals surface area (Å²) < 4.78 is 40.8. The van der Waals surface area contributed by atoms with E-state index in [-0.39, 0.29) is 10.7 Å².